The average Bonchev–Trinajstić information content (AvgIpc) is 2.37. The molecule has 1 saturated heterocycles. The molecule has 0 bridgehead atoms. The summed E-state index contributed by atoms with van der Waals surface area (Å²) in [5, 5.41) is 3.05. The first-order valence-electron chi connectivity index (χ1n) is 3.92. The molecule has 1 fully saturated rings. The Morgan fingerprint density at radius 1 is 1.33 bits per heavy atom. The summed E-state index contributed by atoms with van der Waals surface area (Å²) in [5.41, 5.74) is 10.1. The fraction of sp³-hybridized carbons (Fsp3) is 0.714. The molecule has 1 heterocycles. The molecule has 0 radical (unpaired) electrons. The van der Waals surface area contributed by atoms with Gasteiger partial charge in [0, 0.05) is 0 Å². The molecule has 0 aromatic rings. The van der Waals surface area contributed by atoms with Crippen LogP contribution in [0.25, 0.3) is 0 Å². The maximum Gasteiger partial charge on any atom is 0.230 e. The molecule has 5 heteroatoms. The molecule has 1 unspecified atom stereocenters. The van der Waals surface area contributed by atoms with Crippen LogP contribution in [0.2, 0.25) is 0 Å². The summed E-state index contributed by atoms with van der Waals surface area (Å²) in [7, 11) is 0. The summed E-state index contributed by atoms with van der Waals surface area (Å²) in [6, 6.07) is 0. The molecule has 0 spiro atoms. The van der Waals surface area contributed by atoms with E-state index in [-0.39, 0.29) is 5.92 Å². The van der Waals surface area contributed by atoms with Crippen LogP contribution in [0.5, 0.6) is 0 Å². The molecule has 1 aliphatic rings. The first-order chi connectivity index (χ1) is 5.63. The highest BCUT2D eigenvalue weighted by atomic mass is 16.2. The van der Waals surface area contributed by atoms with E-state index in [0.717, 1.165) is 13.0 Å². The van der Waals surface area contributed by atoms with E-state index in [2.05, 4.69) is 5.32 Å². The fourth-order valence-corrected chi connectivity index (χ4v) is 1.57. The van der Waals surface area contributed by atoms with Gasteiger partial charge in [0.2, 0.25) is 11.8 Å². The summed E-state index contributed by atoms with van der Waals surface area (Å²) < 4.78 is 0. The summed E-state index contributed by atoms with van der Waals surface area (Å²) in [6.07, 6.45) is 0.788. The summed E-state index contributed by atoms with van der Waals surface area (Å²) in [5.74, 6) is -2.05. The van der Waals surface area contributed by atoms with Gasteiger partial charge >= 0.3 is 0 Å². The van der Waals surface area contributed by atoms with E-state index in [9.17, 15) is 9.59 Å². The second-order valence-corrected chi connectivity index (χ2v) is 3.04. The number of carbonyl (C=O) groups is 2. The largest absolute Gasteiger partial charge is 0.369 e. The average molecular weight is 171 g/mol. The second kappa shape index (κ2) is 3.53. The lowest BCUT2D eigenvalue weighted by molar-refractivity contribution is -0.133. The molecule has 0 saturated carbocycles. The maximum atomic E-state index is 10.8. The molecular formula is C7H13N3O2. The van der Waals surface area contributed by atoms with E-state index < -0.39 is 17.7 Å². The highest BCUT2D eigenvalue weighted by Gasteiger charge is 2.33. The number of hydrogen-bond acceptors (Lipinski definition) is 3. The van der Waals surface area contributed by atoms with Crippen molar-refractivity contribution < 1.29 is 9.59 Å². The fourth-order valence-electron chi connectivity index (χ4n) is 1.57. The van der Waals surface area contributed by atoms with Gasteiger partial charge < -0.3 is 16.8 Å². The van der Waals surface area contributed by atoms with Crippen LogP contribution in [0, 0.1) is 11.8 Å². The van der Waals surface area contributed by atoms with Crippen molar-refractivity contribution >= 4 is 11.8 Å². The molecule has 12 heavy (non-hydrogen) atoms. The van der Waals surface area contributed by atoms with Crippen LogP contribution < -0.4 is 16.8 Å². The Hall–Kier alpha value is -1.10. The van der Waals surface area contributed by atoms with Crippen molar-refractivity contribution in [2.24, 2.45) is 23.3 Å². The normalized spacial score (nSPS) is 22.9. The lowest BCUT2D eigenvalue weighted by Crippen LogP contribution is -2.40. The van der Waals surface area contributed by atoms with Crippen LogP contribution in [-0.4, -0.2) is 24.9 Å². The zero-order chi connectivity index (χ0) is 9.14. The molecule has 0 aromatic heterocycles. The van der Waals surface area contributed by atoms with Crippen molar-refractivity contribution in [1.29, 1.82) is 0 Å². The standard InChI is InChI=1S/C7H13N3O2/c8-6(11)5(7(9)12)4-1-2-10-3-4/h4-5,10H,1-3H2,(H2,8,11)(H2,9,12). The van der Waals surface area contributed by atoms with Gasteiger partial charge in [-0.15, -0.1) is 0 Å². The van der Waals surface area contributed by atoms with Crippen LogP contribution in [0.15, 0.2) is 0 Å². The van der Waals surface area contributed by atoms with Gasteiger partial charge in [0.25, 0.3) is 0 Å². The smallest absolute Gasteiger partial charge is 0.230 e. The Morgan fingerprint density at radius 2 is 1.92 bits per heavy atom. The lowest BCUT2D eigenvalue weighted by atomic mass is 9.90. The predicted molar refractivity (Wildman–Crippen MR) is 42.9 cm³/mol. The van der Waals surface area contributed by atoms with E-state index >= 15 is 0 Å². The first kappa shape index (κ1) is 8.99. The number of rotatable bonds is 3. The number of primary amides is 2. The van der Waals surface area contributed by atoms with Crippen LogP contribution in [0.3, 0.4) is 0 Å². The molecule has 5 nitrogen and oxygen atoms in total. The predicted octanol–water partition coefficient (Wildman–Crippen LogP) is -1.82. The van der Waals surface area contributed by atoms with Crippen LogP contribution >= 0.6 is 0 Å². The van der Waals surface area contributed by atoms with Gasteiger partial charge in [-0.1, -0.05) is 0 Å². The molecule has 0 aliphatic carbocycles. The van der Waals surface area contributed by atoms with Crippen molar-refractivity contribution in [3.63, 3.8) is 0 Å². The van der Waals surface area contributed by atoms with E-state index in [1.54, 1.807) is 0 Å². The monoisotopic (exact) mass is 171 g/mol. The van der Waals surface area contributed by atoms with Gasteiger partial charge in [0.15, 0.2) is 0 Å². The summed E-state index contributed by atoms with van der Waals surface area (Å²) in [4.78, 5) is 21.6. The quantitative estimate of drug-likeness (QED) is 0.436. The first-order valence-corrected chi connectivity index (χ1v) is 3.92. The Kier molecular flexibility index (Phi) is 2.65. The third-order valence-corrected chi connectivity index (χ3v) is 2.18. The van der Waals surface area contributed by atoms with Crippen molar-refractivity contribution in [3.8, 4) is 0 Å². The number of carbonyl (C=O) groups excluding carboxylic acids is 2. The minimum Gasteiger partial charge on any atom is -0.369 e. The second-order valence-electron chi connectivity index (χ2n) is 3.04. The van der Waals surface area contributed by atoms with E-state index in [0.29, 0.717) is 6.54 Å². The van der Waals surface area contributed by atoms with Gasteiger partial charge in [-0.2, -0.15) is 0 Å². The minimum absolute atomic E-state index is 0.0139. The van der Waals surface area contributed by atoms with E-state index in [1.165, 1.54) is 0 Å². The zero-order valence-electron chi connectivity index (χ0n) is 6.75. The molecule has 1 aliphatic heterocycles. The SMILES string of the molecule is NC(=O)C(C(N)=O)C1CCNC1. The number of hydrogen-bond donors (Lipinski definition) is 3. The van der Waals surface area contributed by atoms with E-state index in [4.69, 9.17) is 11.5 Å². The van der Waals surface area contributed by atoms with Gasteiger partial charge in [0.1, 0.15) is 5.92 Å². The van der Waals surface area contributed by atoms with Crippen molar-refractivity contribution in [1.82, 2.24) is 5.32 Å². The highest BCUT2D eigenvalue weighted by molar-refractivity contribution is 5.99. The van der Waals surface area contributed by atoms with Crippen LogP contribution in [0.1, 0.15) is 6.42 Å². The van der Waals surface area contributed by atoms with E-state index in [1.807, 2.05) is 0 Å². The third-order valence-electron chi connectivity index (χ3n) is 2.18. The lowest BCUT2D eigenvalue weighted by Gasteiger charge is -2.15. The van der Waals surface area contributed by atoms with Gasteiger partial charge in [-0.3, -0.25) is 9.59 Å². The molecular weight excluding hydrogens is 158 g/mol. The zero-order valence-corrected chi connectivity index (χ0v) is 6.75. The topological polar surface area (TPSA) is 98.2 Å². The molecule has 1 atom stereocenters. The number of amides is 2. The van der Waals surface area contributed by atoms with Crippen LogP contribution in [-0.2, 0) is 9.59 Å². The summed E-state index contributed by atoms with van der Waals surface area (Å²) >= 11 is 0. The van der Waals surface area contributed by atoms with Crippen LogP contribution in [0.4, 0.5) is 0 Å². The molecule has 2 amide bonds. The van der Waals surface area contributed by atoms with Crippen molar-refractivity contribution in [3.05, 3.63) is 0 Å². The Balaban J connectivity index is 2.64. The number of nitrogens with one attached hydrogen (secondary N) is 1. The van der Waals surface area contributed by atoms with Crippen molar-refractivity contribution in [2.45, 2.75) is 6.42 Å². The Bertz CT molecular complexity index is 185. The molecule has 68 valence electrons. The third kappa shape index (κ3) is 1.73. The van der Waals surface area contributed by atoms with Gasteiger partial charge in [-0.25, -0.2) is 0 Å². The van der Waals surface area contributed by atoms with Gasteiger partial charge in [0.05, 0.1) is 0 Å². The number of nitrogens with two attached hydrogens (primary N) is 2. The summed E-state index contributed by atoms with van der Waals surface area (Å²) in [6.45, 7) is 1.47. The molecule has 5 N–H and O–H groups in total. The molecule has 0 aromatic carbocycles. The maximum absolute atomic E-state index is 10.8. The van der Waals surface area contributed by atoms with Gasteiger partial charge in [-0.05, 0) is 25.4 Å². The highest BCUT2D eigenvalue weighted by Crippen LogP contribution is 2.18. The minimum atomic E-state index is -0.806. The Morgan fingerprint density at radius 3 is 2.25 bits per heavy atom. The van der Waals surface area contributed by atoms with Crippen molar-refractivity contribution in [2.75, 3.05) is 13.1 Å². The molecule has 1 rings (SSSR count). The Labute approximate surface area is 70.5 Å².